The zero-order valence-corrected chi connectivity index (χ0v) is 7.41. The van der Waals surface area contributed by atoms with Crippen LogP contribution < -0.4 is 0 Å². The summed E-state index contributed by atoms with van der Waals surface area (Å²) in [6.45, 7) is 0. The largest absolute Gasteiger partial charge is 0.299 e. The van der Waals surface area contributed by atoms with Crippen LogP contribution in [-0.2, 0) is 4.79 Å². The number of hydrogen-bond donors (Lipinski definition) is 0. The molecular formula is C9H7BrO. The van der Waals surface area contributed by atoms with Crippen LogP contribution in [0.3, 0.4) is 0 Å². The molecule has 0 aromatic heterocycles. The van der Waals surface area contributed by atoms with E-state index in [0.717, 1.165) is 16.3 Å². The Balaban J connectivity index is 2.94. The van der Waals surface area contributed by atoms with E-state index in [1.165, 1.54) is 6.08 Å². The summed E-state index contributed by atoms with van der Waals surface area (Å²) in [6.07, 6.45) is 4.00. The van der Waals surface area contributed by atoms with E-state index in [9.17, 15) is 4.79 Å². The lowest BCUT2D eigenvalue weighted by Gasteiger charge is -1.94. The SMILES string of the molecule is O=CC=Cc1ccccc1Br. The van der Waals surface area contributed by atoms with Crippen LogP contribution in [0.15, 0.2) is 34.8 Å². The molecule has 1 aromatic carbocycles. The summed E-state index contributed by atoms with van der Waals surface area (Å²) in [5, 5.41) is 0. The molecule has 0 unspecified atom stereocenters. The Kier molecular flexibility index (Phi) is 3.05. The molecule has 0 fully saturated rings. The molecule has 0 aliphatic heterocycles. The highest BCUT2D eigenvalue weighted by Gasteiger charge is 1.90. The van der Waals surface area contributed by atoms with Gasteiger partial charge in [-0.3, -0.25) is 4.79 Å². The summed E-state index contributed by atoms with van der Waals surface area (Å²) < 4.78 is 0.998. The van der Waals surface area contributed by atoms with Crippen molar-refractivity contribution < 1.29 is 4.79 Å². The van der Waals surface area contributed by atoms with Crippen molar-refractivity contribution in [1.82, 2.24) is 0 Å². The molecule has 0 spiro atoms. The minimum Gasteiger partial charge on any atom is -0.299 e. The molecule has 0 bridgehead atoms. The first-order valence-electron chi connectivity index (χ1n) is 3.21. The fourth-order valence-electron chi connectivity index (χ4n) is 0.753. The highest BCUT2D eigenvalue weighted by Crippen LogP contribution is 2.16. The summed E-state index contributed by atoms with van der Waals surface area (Å²) in [7, 11) is 0. The Hall–Kier alpha value is -0.890. The van der Waals surface area contributed by atoms with Crippen molar-refractivity contribution in [3.05, 3.63) is 40.4 Å². The van der Waals surface area contributed by atoms with Crippen LogP contribution in [0.5, 0.6) is 0 Å². The summed E-state index contributed by atoms with van der Waals surface area (Å²) in [5.74, 6) is 0. The zero-order valence-electron chi connectivity index (χ0n) is 5.83. The maximum absolute atomic E-state index is 9.99. The number of hydrogen-bond acceptors (Lipinski definition) is 1. The molecule has 2 heteroatoms. The van der Waals surface area contributed by atoms with Crippen LogP contribution in [-0.4, -0.2) is 6.29 Å². The van der Waals surface area contributed by atoms with Gasteiger partial charge in [0.05, 0.1) is 0 Å². The monoisotopic (exact) mass is 210 g/mol. The Bertz CT molecular complexity index is 279. The van der Waals surface area contributed by atoms with Crippen LogP contribution in [0.25, 0.3) is 6.08 Å². The maximum Gasteiger partial charge on any atom is 0.142 e. The lowest BCUT2D eigenvalue weighted by atomic mass is 10.2. The van der Waals surface area contributed by atoms with Crippen LogP contribution in [0, 0.1) is 0 Å². The third-order valence-electron chi connectivity index (χ3n) is 1.26. The van der Waals surface area contributed by atoms with Gasteiger partial charge in [0.2, 0.25) is 0 Å². The molecule has 0 amide bonds. The number of halogens is 1. The second kappa shape index (κ2) is 4.09. The summed E-state index contributed by atoms with van der Waals surface area (Å²) in [4.78, 5) is 9.99. The Morgan fingerprint density at radius 2 is 2.00 bits per heavy atom. The third kappa shape index (κ3) is 2.31. The molecule has 0 atom stereocenters. The van der Waals surface area contributed by atoms with E-state index in [2.05, 4.69) is 15.9 Å². The van der Waals surface area contributed by atoms with Crippen molar-refractivity contribution in [2.24, 2.45) is 0 Å². The fraction of sp³-hybridized carbons (Fsp3) is 0. The van der Waals surface area contributed by atoms with Gasteiger partial charge < -0.3 is 0 Å². The van der Waals surface area contributed by atoms with Gasteiger partial charge in [-0.1, -0.05) is 40.2 Å². The van der Waals surface area contributed by atoms with Crippen molar-refractivity contribution in [2.75, 3.05) is 0 Å². The molecule has 11 heavy (non-hydrogen) atoms. The minimum atomic E-state index is 0.763. The van der Waals surface area contributed by atoms with Gasteiger partial charge in [0.15, 0.2) is 0 Å². The molecule has 0 heterocycles. The second-order valence-electron chi connectivity index (χ2n) is 2.02. The van der Waals surface area contributed by atoms with Crippen LogP contribution in [0.4, 0.5) is 0 Å². The molecule has 0 aliphatic rings. The standard InChI is InChI=1S/C9H7BrO/c10-9-6-2-1-4-8(9)5-3-7-11/h1-7H. The first kappa shape index (κ1) is 8.21. The lowest BCUT2D eigenvalue weighted by molar-refractivity contribution is -0.104. The van der Waals surface area contributed by atoms with E-state index in [1.54, 1.807) is 6.08 Å². The van der Waals surface area contributed by atoms with E-state index in [-0.39, 0.29) is 0 Å². The molecule has 1 rings (SSSR count). The molecule has 1 nitrogen and oxygen atoms in total. The molecule has 1 aromatic rings. The number of aldehydes is 1. The molecule has 0 aliphatic carbocycles. The van der Waals surface area contributed by atoms with Crippen molar-refractivity contribution in [1.29, 1.82) is 0 Å². The lowest BCUT2D eigenvalue weighted by Crippen LogP contribution is -1.72. The van der Waals surface area contributed by atoms with Crippen molar-refractivity contribution in [3.63, 3.8) is 0 Å². The van der Waals surface area contributed by atoms with E-state index in [0.29, 0.717) is 0 Å². The van der Waals surface area contributed by atoms with Crippen LogP contribution in [0.1, 0.15) is 5.56 Å². The second-order valence-corrected chi connectivity index (χ2v) is 2.87. The van der Waals surface area contributed by atoms with E-state index >= 15 is 0 Å². The summed E-state index contributed by atoms with van der Waals surface area (Å²) >= 11 is 3.36. The van der Waals surface area contributed by atoms with Gasteiger partial charge in [-0.05, 0) is 17.7 Å². The average molecular weight is 211 g/mol. The summed E-state index contributed by atoms with van der Waals surface area (Å²) in [5.41, 5.74) is 1.01. The molecule has 0 radical (unpaired) electrons. The zero-order chi connectivity index (χ0) is 8.10. The van der Waals surface area contributed by atoms with E-state index < -0.39 is 0 Å². The van der Waals surface area contributed by atoms with Crippen LogP contribution >= 0.6 is 15.9 Å². The number of allylic oxidation sites excluding steroid dienone is 1. The fourth-order valence-corrected chi connectivity index (χ4v) is 1.17. The predicted octanol–water partition coefficient (Wildman–Crippen LogP) is 2.66. The maximum atomic E-state index is 9.99. The first-order chi connectivity index (χ1) is 5.34. The van der Waals surface area contributed by atoms with Crippen molar-refractivity contribution >= 4 is 28.3 Å². The topological polar surface area (TPSA) is 17.1 Å². The van der Waals surface area contributed by atoms with Gasteiger partial charge in [0, 0.05) is 4.47 Å². The Labute approximate surface area is 73.9 Å². The van der Waals surface area contributed by atoms with Gasteiger partial charge in [-0.15, -0.1) is 0 Å². The molecule has 0 saturated carbocycles. The van der Waals surface area contributed by atoms with E-state index in [1.807, 2.05) is 24.3 Å². The van der Waals surface area contributed by atoms with Gasteiger partial charge in [-0.2, -0.15) is 0 Å². The average Bonchev–Trinajstić information content (AvgIpc) is 2.03. The summed E-state index contributed by atoms with van der Waals surface area (Å²) in [6, 6.07) is 7.73. The van der Waals surface area contributed by atoms with Gasteiger partial charge in [-0.25, -0.2) is 0 Å². The first-order valence-corrected chi connectivity index (χ1v) is 4.00. The van der Waals surface area contributed by atoms with Crippen LogP contribution in [0.2, 0.25) is 0 Å². The highest BCUT2D eigenvalue weighted by atomic mass is 79.9. The Morgan fingerprint density at radius 3 is 2.64 bits per heavy atom. The number of carbonyl (C=O) groups excluding carboxylic acids is 1. The van der Waals surface area contributed by atoms with Crippen molar-refractivity contribution in [3.8, 4) is 0 Å². The van der Waals surface area contributed by atoms with Crippen molar-refractivity contribution in [2.45, 2.75) is 0 Å². The number of benzene rings is 1. The number of rotatable bonds is 2. The molecule has 56 valence electrons. The number of carbonyl (C=O) groups is 1. The smallest absolute Gasteiger partial charge is 0.142 e. The Morgan fingerprint density at radius 1 is 1.27 bits per heavy atom. The predicted molar refractivity (Wildman–Crippen MR) is 49.2 cm³/mol. The molecular weight excluding hydrogens is 204 g/mol. The van der Waals surface area contributed by atoms with Gasteiger partial charge >= 0.3 is 0 Å². The normalized spacial score (nSPS) is 10.3. The third-order valence-corrected chi connectivity index (χ3v) is 1.98. The van der Waals surface area contributed by atoms with Gasteiger partial charge in [0.25, 0.3) is 0 Å². The van der Waals surface area contributed by atoms with Gasteiger partial charge in [0.1, 0.15) is 6.29 Å². The molecule has 0 N–H and O–H groups in total. The van der Waals surface area contributed by atoms with E-state index in [4.69, 9.17) is 0 Å². The quantitative estimate of drug-likeness (QED) is 0.542. The highest BCUT2D eigenvalue weighted by molar-refractivity contribution is 9.10. The molecule has 0 saturated heterocycles. The minimum absolute atomic E-state index is 0.763.